The smallest absolute Gasteiger partial charge is 0.239 e. The molecule has 0 aromatic rings. The van der Waals surface area contributed by atoms with Crippen LogP contribution in [0.1, 0.15) is 33.6 Å². The molecule has 0 saturated carbocycles. The number of carbonyl (C=O) groups excluding carboxylic acids is 1. The third kappa shape index (κ3) is 3.19. The molecule has 0 aliphatic carbocycles. The molecule has 0 aromatic heterocycles. The van der Waals surface area contributed by atoms with Crippen LogP contribution in [-0.4, -0.2) is 54.0 Å². The fourth-order valence-corrected chi connectivity index (χ4v) is 2.33. The summed E-state index contributed by atoms with van der Waals surface area (Å²) in [6, 6.07) is 0.155. The van der Waals surface area contributed by atoms with Crippen LogP contribution in [0.25, 0.3) is 0 Å². The predicted molar refractivity (Wildman–Crippen MR) is 66.2 cm³/mol. The number of hydrogen-bond acceptors (Lipinski definition) is 3. The zero-order valence-electron chi connectivity index (χ0n) is 10.8. The van der Waals surface area contributed by atoms with E-state index in [9.17, 15) is 4.79 Å². The van der Waals surface area contributed by atoms with Gasteiger partial charge in [0, 0.05) is 25.7 Å². The molecule has 2 atom stereocenters. The highest BCUT2D eigenvalue weighted by atomic mass is 16.2. The van der Waals surface area contributed by atoms with E-state index in [1.54, 1.807) is 0 Å². The van der Waals surface area contributed by atoms with Gasteiger partial charge in [-0.1, -0.05) is 20.3 Å². The maximum Gasteiger partial charge on any atom is 0.239 e. The van der Waals surface area contributed by atoms with Gasteiger partial charge in [-0.2, -0.15) is 0 Å². The highest BCUT2D eigenvalue weighted by Crippen LogP contribution is 2.10. The highest BCUT2D eigenvalue weighted by Gasteiger charge is 2.27. The maximum atomic E-state index is 12.0. The molecule has 0 radical (unpaired) electrons. The predicted octanol–water partition coefficient (Wildman–Crippen LogP) is 0.666. The van der Waals surface area contributed by atoms with Crippen molar-refractivity contribution in [1.82, 2.24) is 9.80 Å². The molecule has 1 rings (SSSR count). The minimum Gasteiger partial charge on any atom is -0.339 e. The number of nitrogens with two attached hydrogens (primary N) is 1. The van der Waals surface area contributed by atoms with Crippen LogP contribution in [0.2, 0.25) is 0 Å². The van der Waals surface area contributed by atoms with Crippen molar-refractivity contribution in [3.8, 4) is 0 Å². The molecule has 94 valence electrons. The average molecular weight is 227 g/mol. The van der Waals surface area contributed by atoms with Gasteiger partial charge in [-0.25, -0.2) is 0 Å². The van der Waals surface area contributed by atoms with Gasteiger partial charge in [0.15, 0.2) is 0 Å². The van der Waals surface area contributed by atoms with Crippen molar-refractivity contribution in [1.29, 1.82) is 0 Å². The molecule has 4 nitrogen and oxygen atoms in total. The van der Waals surface area contributed by atoms with Gasteiger partial charge in [-0.05, 0) is 19.9 Å². The monoisotopic (exact) mass is 227 g/mol. The highest BCUT2D eigenvalue weighted by molar-refractivity contribution is 5.81. The van der Waals surface area contributed by atoms with Crippen molar-refractivity contribution in [2.24, 2.45) is 5.73 Å². The summed E-state index contributed by atoms with van der Waals surface area (Å²) in [5, 5.41) is 0. The molecule has 2 unspecified atom stereocenters. The Bertz CT molecular complexity index is 232. The van der Waals surface area contributed by atoms with E-state index in [1.807, 2.05) is 4.90 Å². The topological polar surface area (TPSA) is 49.6 Å². The van der Waals surface area contributed by atoms with E-state index in [0.29, 0.717) is 6.04 Å². The molecule has 1 heterocycles. The zero-order valence-corrected chi connectivity index (χ0v) is 10.8. The molecule has 4 heteroatoms. The average Bonchev–Trinajstić information content (AvgIpc) is 2.28. The quantitative estimate of drug-likeness (QED) is 0.768. The largest absolute Gasteiger partial charge is 0.339 e. The first-order valence-electron chi connectivity index (χ1n) is 6.38. The minimum atomic E-state index is -0.301. The molecule has 0 bridgehead atoms. The summed E-state index contributed by atoms with van der Waals surface area (Å²) < 4.78 is 0. The molecular formula is C12H25N3O. The lowest BCUT2D eigenvalue weighted by molar-refractivity contribution is -0.135. The molecule has 1 amide bonds. The van der Waals surface area contributed by atoms with Crippen LogP contribution < -0.4 is 5.73 Å². The van der Waals surface area contributed by atoms with Crippen molar-refractivity contribution in [2.75, 3.05) is 26.2 Å². The number of carbonyl (C=O) groups is 1. The summed E-state index contributed by atoms with van der Waals surface area (Å²) in [6.07, 6.45) is 1.76. The van der Waals surface area contributed by atoms with Gasteiger partial charge in [-0.3, -0.25) is 9.69 Å². The number of nitrogens with zero attached hydrogens (tertiary/aromatic N) is 2. The summed E-state index contributed by atoms with van der Waals surface area (Å²) in [6.45, 7) is 10.1. The first kappa shape index (κ1) is 13.5. The molecule has 0 aromatic carbocycles. The third-order valence-electron chi connectivity index (χ3n) is 3.40. The number of hydrogen-bond donors (Lipinski definition) is 1. The van der Waals surface area contributed by atoms with Gasteiger partial charge in [0.05, 0.1) is 6.04 Å². The zero-order chi connectivity index (χ0) is 12.1. The molecule has 1 aliphatic heterocycles. The third-order valence-corrected chi connectivity index (χ3v) is 3.40. The van der Waals surface area contributed by atoms with Gasteiger partial charge in [-0.15, -0.1) is 0 Å². The van der Waals surface area contributed by atoms with Crippen molar-refractivity contribution in [3.63, 3.8) is 0 Å². The Morgan fingerprint density at radius 3 is 2.62 bits per heavy atom. The van der Waals surface area contributed by atoms with Crippen LogP contribution in [0.5, 0.6) is 0 Å². The van der Waals surface area contributed by atoms with Crippen LogP contribution >= 0.6 is 0 Å². The second-order valence-electron chi connectivity index (χ2n) is 4.66. The summed E-state index contributed by atoms with van der Waals surface area (Å²) in [4.78, 5) is 16.3. The summed E-state index contributed by atoms with van der Waals surface area (Å²) >= 11 is 0. The Hall–Kier alpha value is -0.610. The SMILES string of the molecule is CCCC(N)C(=O)N1CCN(CC)C(C)C1. The van der Waals surface area contributed by atoms with E-state index in [4.69, 9.17) is 5.73 Å². The normalized spacial score (nSPS) is 24.5. The van der Waals surface area contributed by atoms with E-state index in [2.05, 4.69) is 25.7 Å². The second kappa shape index (κ2) is 6.21. The van der Waals surface area contributed by atoms with E-state index in [1.165, 1.54) is 0 Å². The fourth-order valence-electron chi connectivity index (χ4n) is 2.33. The number of amides is 1. The number of rotatable bonds is 4. The van der Waals surface area contributed by atoms with E-state index in [-0.39, 0.29) is 11.9 Å². The van der Waals surface area contributed by atoms with Crippen molar-refractivity contribution in [3.05, 3.63) is 0 Å². The summed E-state index contributed by atoms with van der Waals surface area (Å²) in [5.41, 5.74) is 5.87. The lowest BCUT2D eigenvalue weighted by Crippen LogP contribution is -2.56. The van der Waals surface area contributed by atoms with E-state index in [0.717, 1.165) is 39.0 Å². The van der Waals surface area contributed by atoms with Crippen molar-refractivity contribution in [2.45, 2.75) is 45.7 Å². The number of likely N-dealkylation sites (N-methyl/N-ethyl adjacent to an activating group) is 1. The van der Waals surface area contributed by atoms with Crippen LogP contribution in [-0.2, 0) is 4.79 Å². The standard InChI is InChI=1S/C12H25N3O/c1-4-6-11(13)12(16)15-8-7-14(5-2)10(3)9-15/h10-11H,4-9,13H2,1-3H3. The summed E-state index contributed by atoms with van der Waals surface area (Å²) in [7, 11) is 0. The first-order chi connectivity index (χ1) is 7.60. The van der Waals surface area contributed by atoms with Gasteiger partial charge in [0.2, 0.25) is 5.91 Å². The van der Waals surface area contributed by atoms with Gasteiger partial charge in [0.25, 0.3) is 0 Å². The molecule has 1 fully saturated rings. The minimum absolute atomic E-state index is 0.129. The Kier molecular flexibility index (Phi) is 5.22. The second-order valence-corrected chi connectivity index (χ2v) is 4.66. The lowest BCUT2D eigenvalue weighted by Gasteiger charge is -2.40. The molecule has 2 N–H and O–H groups in total. The van der Waals surface area contributed by atoms with Crippen molar-refractivity contribution < 1.29 is 4.79 Å². The van der Waals surface area contributed by atoms with Crippen LogP contribution in [0.3, 0.4) is 0 Å². The Labute approximate surface area is 98.8 Å². The van der Waals surface area contributed by atoms with Gasteiger partial charge in [0.1, 0.15) is 0 Å². The maximum absolute atomic E-state index is 12.0. The van der Waals surface area contributed by atoms with E-state index < -0.39 is 0 Å². The summed E-state index contributed by atoms with van der Waals surface area (Å²) in [5.74, 6) is 0.129. The Morgan fingerprint density at radius 1 is 1.44 bits per heavy atom. The van der Waals surface area contributed by atoms with Gasteiger partial charge >= 0.3 is 0 Å². The molecular weight excluding hydrogens is 202 g/mol. The molecule has 16 heavy (non-hydrogen) atoms. The molecule has 0 spiro atoms. The molecule has 1 aliphatic rings. The molecule has 1 saturated heterocycles. The van der Waals surface area contributed by atoms with Crippen LogP contribution in [0.4, 0.5) is 0 Å². The first-order valence-corrected chi connectivity index (χ1v) is 6.38. The van der Waals surface area contributed by atoms with E-state index >= 15 is 0 Å². The van der Waals surface area contributed by atoms with Crippen LogP contribution in [0, 0.1) is 0 Å². The lowest BCUT2D eigenvalue weighted by atomic mass is 10.1. The van der Waals surface area contributed by atoms with Crippen molar-refractivity contribution >= 4 is 5.91 Å². The Balaban J connectivity index is 2.47. The number of piperazine rings is 1. The van der Waals surface area contributed by atoms with Gasteiger partial charge < -0.3 is 10.6 Å². The fraction of sp³-hybridized carbons (Fsp3) is 0.917. The van der Waals surface area contributed by atoms with Crippen LogP contribution in [0.15, 0.2) is 0 Å². The Morgan fingerprint density at radius 2 is 2.12 bits per heavy atom.